The summed E-state index contributed by atoms with van der Waals surface area (Å²) < 4.78 is 46.6. The molecule has 0 radical (unpaired) electrons. The predicted octanol–water partition coefficient (Wildman–Crippen LogP) is 6.47. The molecule has 45 heavy (non-hydrogen) atoms. The van der Waals surface area contributed by atoms with Crippen LogP contribution in [0.3, 0.4) is 0 Å². The molecule has 2 aromatic heterocycles. The van der Waals surface area contributed by atoms with Crippen LogP contribution >= 0.6 is 0 Å². The van der Waals surface area contributed by atoms with Gasteiger partial charge in [0, 0.05) is 31.6 Å². The fourth-order valence-corrected chi connectivity index (χ4v) is 5.30. The van der Waals surface area contributed by atoms with Crippen LogP contribution in [-0.2, 0) is 23.9 Å². The Labute approximate surface area is 257 Å². The Morgan fingerprint density at radius 1 is 0.867 bits per heavy atom. The second-order valence-corrected chi connectivity index (χ2v) is 10.6. The number of amides is 2. The average Bonchev–Trinajstić information content (AvgIpc) is 3.52. The molecule has 1 N–H and O–H groups in total. The van der Waals surface area contributed by atoms with E-state index in [0.29, 0.717) is 37.4 Å². The van der Waals surface area contributed by atoms with Crippen molar-refractivity contribution in [1.82, 2.24) is 14.9 Å². The van der Waals surface area contributed by atoms with E-state index in [1.54, 1.807) is 24.3 Å². The number of piperazine rings is 1. The predicted molar refractivity (Wildman–Crippen MR) is 162 cm³/mol. The van der Waals surface area contributed by atoms with Crippen molar-refractivity contribution in [2.75, 3.05) is 23.3 Å². The number of nitrogens with zero attached hydrogens (tertiary/aromatic N) is 4. The van der Waals surface area contributed by atoms with Crippen LogP contribution in [0, 0.1) is 0 Å². The van der Waals surface area contributed by atoms with E-state index in [1.807, 2.05) is 70.5 Å². The van der Waals surface area contributed by atoms with Gasteiger partial charge in [0.25, 0.3) is 5.91 Å². The molecule has 6 rings (SSSR count). The zero-order valence-corrected chi connectivity index (χ0v) is 23.9. The van der Waals surface area contributed by atoms with E-state index in [9.17, 15) is 22.8 Å². The summed E-state index contributed by atoms with van der Waals surface area (Å²) in [6.07, 6.45) is -3.11. The molecule has 1 unspecified atom stereocenters. The van der Waals surface area contributed by atoms with Crippen molar-refractivity contribution < 1.29 is 27.2 Å². The van der Waals surface area contributed by atoms with E-state index < -0.39 is 29.6 Å². The van der Waals surface area contributed by atoms with Gasteiger partial charge in [-0.25, -0.2) is 9.97 Å². The van der Waals surface area contributed by atoms with Crippen molar-refractivity contribution in [3.05, 3.63) is 132 Å². The Bertz CT molecular complexity index is 1760. The van der Waals surface area contributed by atoms with Crippen LogP contribution in [0.5, 0.6) is 0 Å². The number of carbonyl (C=O) groups is 2. The number of rotatable bonds is 8. The zero-order valence-electron chi connectivity index (χ0n) is 23.9. The largest absolute Gasteiger partial charge is 0.437 e. The smallest absolute Gasteiger partial charge is 0.430 e. The summed E-state index contributed by atoms with van der Waals surface area (Å²) in [6, 6.07) is 30.1. The van der Waals surface area contributed by atoms with E-state index in [2.05, 4.69) is 15.3 Å². The molecular formula is C34H28F3N5O3. The Balaban J connectivity index is 1.22. The average molecular weight is 612 g/mol. The first-order chi connectivity index (χ1) is 21.8. The molecule has 2 amide bonds. The van der Waals surface area contributed by atoms with Gasteiger partial charge in [-0.2, -0.15) is 13.2 Å². The van der Waals surface area contributed by atoms with Crippen LogP contribution in [0.1, 0.15) is 27.4 Å². The zero-order chi connectivity index (χ0) is 31.4. The van der Waals surface area contributed by atoms with Crippen molar-refractivity contribution in [3.8, 4) is 11.5 Å². The molecule has 0 spiro atoms. The quantitative estimate of drug-likeness (QED) is 0.216. The van der Waals surface area contributed by atoms with Gasteiger partial charge in [0.15, 0.2) is 5.69 Å². The van der Waals surface area contributed by atoms with Crippen molar-refractivity contribution in [2.24, 2.45) is 0 Å². The molecule has 5 aromatic rings. The number of aromatic nitrogens is 2. The highest BCUT2D eigenvalue weighted by molar-refractivity contribution is 6.03. The van der Waals surface area contributed by atoms with Gasteiger partial charge in [0.2, 0.25) is 17.6 Å². The fraction of sp³-hybridized carbons (Fsp3) is 0.176. The number of hydrogen-bond donors (Lipinski definition) is 1. The lowest BCUT2D eigenvalue weighted by Crippen LogP contribution is -2.58. The van der Waals surface area contributed by atoms with Gasteiger partial charge in [-0.3, -0.25) is 9.59 Å². The molecule has 0 bridgehead atoms. The maximum Gasteiger partial charge on any atom is 0.437 e. The summed E-state index contributed by atoms with van der Waals surface area (Å²) >= 11 is 0. The maximum absolute atomic E-state index is 13.8. The Morgan fingerprint density at radius 3 is 2.13 bits per heavy atom. The first-order valence-corrected chi connectivity index (χ1v) is 14.3. The van der Waals surface area contributed by atoms with E-state index in [-0.39, 0.29) is 17.5 Å². The molecule has 1 saturated heterocycles. The lowest BCUT2D eigenvalue weighted by molar-refractivity contribution is -0.141. The van der Waals surface area contributed by atoms with Crippen LogP contribution < -0.4 is 10.2 Å². The molecular weight excluding hydrogens is 583 g/mol. The number of carbonyl (C=O) groups excluding carboxylic acids is 2. The highest BCUT2D eigenvalue weighted by atomic mass is 19.4. The van der Waals surface area contributed by atoms with Gasteiger partial charge in [0.1, 0.15) is 11.9 Å². The number of hydrogen-bond acceptors (Lipinski definition) is 6. The van der Waals surface area contributed by atoms with Crippen LogP contribution in [0.25, 0.3) is 11.5 Å². The van der Waals surface area contributed by atoms with Gasteiger partial charge >= 0.3 is 6.18 Å². The van der Waals surface area contributed by atoms with Gasteiger partial charge in [-0.1, -0.05) is 78.9 Å². The van der Waals surface area contributed by atoms with Crippen molar-refractivity contribution in [2.45, 2.75) is 25.2 Å². The Hall–Kier alpha value is -5.45. The van der Waals surface area contributed by atoms with E-state index in [1.165, 1.54) is 24.4 Å². The fourth-order valence-electron chi connectivity index (χ4n) is 5.30. The van der Waals surface area contributed by atoms with E-state index >= 15 is 0 Å². The first kappa shape index (κ1) is 29.6. The van der Waals surface area contributed by atoms with E-state index in [0.717, 1.165) is 11.1 Å². The molecule has 1 aliphatic rings. The third-order valence-corrected chi connectivity index (χ3v) is 7.49. The third kappa shape index (κ3) is 6.72. The number of anilines is 2. The lowest BCUT2D eigenvalue weighted by Gasteiger charge is -2.41. The minimum Gasteiger partial charge on any atom is -0.430 e. The summed E-state index contributed by atoms with van der Waals surface area (Å²) in [5, 5.41) is 2.43. The summed E-state index contributed by atoms with van der Waals surface area (Å²) in [5.41, 5.74) is 1.07. The Kier molecular flexibility index (Phi) is 8.33. The molecule has 1 atom stereocenters. The molecule has 1 fully saturated rings. The second kappa shape index (κ2) is 12.7. The molecule has 8 nitrogen and oxygen atoms in total. The van der Waals surface area contributed by atoms with Crippen molar-refractivity contribution in [1.29, 1.82) is 0 Å². The molecule has 0 saturated carbocycles. The highest BCUT2D eigenvalue weighted by Gasteiger charge is 2.41. The number of alkyl halides is 3. The maximum atomic E-state index is 13.8. The number of oxazole rings is 1. The summed E-state index contributed by atoms with van der Waals surface area (Å²) in [7, 11) is 0. The normalized spacial score (nSPS) is 15.3. The Morgan fingerprint density at radius 2 is 1.51 bits per heavy atom. The number of halogens is 3. The van der Waals surface area contributed by atoms with Crippen LogP contribution in [0.4, 0.5) is 24.7 Å². The summed E-state index contributed by atoms with van der Waals surface area (Å²) in [4.78, 5) is 38.6. The highest BCUT2D eigenvalue weighted by Crippen LogP contribution is 2.35. The summed E-state index contributed by atoms with van der Waals surface area (Å²) in [6.45, 7) is 1.49. The lowest BCUT2D eigenvalue weighted by atomic mass is 10.0. The first-order valence-electron chi connectivity index (χ1n) is 14.3. The van der Waals surface area contributed by atoms with Gasteiger partial charge < -0.3 is 19.5 Å². The van der Waals surface area contributed by atoms with Gasteiger partial charge in [0.05, 0.1) is 11.9 Å². The van der Waals surface area contributed by atoms with Gasteiger partial charge in [-0.15, -0.1) is 0 Å². The van der Waals surface area contributed by atoms with Crippen LogP contribution in [0.15, 0.2) is 114 Å². The second-order valence-electron chi connectivity index (χ2n) is 10.6. The minimum absolute atomic E-state index is 0.0349. The standard InChI is InChI=1S/C34H28F3N5O3/c35-34(36,37)30-29(45-32(40-30)25-14-8-3-9-15-25)31(43)39-26-16-17-28(38-21-26)42-19-18-41(22-24-12-6-2-7-13-24)33(44)27(42)20-23-10-4-1-5-11-23/h1-17,21,27H,18-20,22H2,(H,39,43). The SMILES string of the molecule is O=C(Nc1ccc(N2CCN(Cc3ccccc3)C(=O)C2Cc2ccccc2)nc1)c1oc(-c2ccccc2)nc1C(F)(F)F. The van der Waals surface area contributed by atoms with Crippen molar-refractivity contribution in [3.63, 3.8) is 0 Å². The number of benzene rings is 3. The van der Waals surface area contributed by atoms with Gasteiger partial charge in [-0.05, 0) is 35.4 Å². The summed E-state index contributed by atoms with van der Waals surface area (Å²) in [5.74, 6) is -1.91. The molecule has 1 aliphatic heterocycles. The minimum atomic E-state index is -4.91. The van der Waals surface area contributed by atoms with Crippen LogP contribution in [0.2, 0.25) is 0 Å². The van der Waals surface area contributed by atoms with Crippen LogP contribution in [-0.4, -0.2) is 45.8 Å². The monoisotopic (exact) mass is 611 g/mol. The van der Waals surface area contributed by atoms with E-state index in [4.69, 9.17) is 4.42 Å². The van der Waals surface area contributed by atoms with Crippen molar-refractivity contribution >= 4 is 23.3 Å². The number of pyridine rings is 1. The number of nitrogens with one attached hydrogen (secondary N) is 1. The molecule has 3 heterocycles. The third-order valence-electron chi connectivity index (χ3n) is 7.49. The molecule has 11 heteroatoms. The molecule has 0 aliphatic carbocycles. The molecule has 3 aromatic carbocycles. The molecule has 228 valence electrons. The topological polar surface area (TPSA) is 91.6 Å².